The van der Waals surface area contributed by atoms with Gasteiger partial charge in [0.15, 0.2) is 23.0 Å². The minimum Gasteiger partial charge on any atom is -0.503 e. The number of aromatic nitrogens is 1. The monoisotopic (exact) mass is 461 g/mol. The van der Waals surface area contributed by atoms with E-state index in [4.69, 9.17) is 14.2 Å². The van der Waals surface area contributed by atoms with E-state index < -0.39 is 29.9 Å². The Balaban J connectivity index is 2.08. The molecule has 0 aliphatic heterocycles. The van der Waals surface area contributed by atoms with E-state index in [1.807, 2.05) is 13.8 Å². The molecule has 180 valence electrons. The maximum absolute atomic E-state index is 13.2. The number of aromatic hydroxyl groups is 1. The molecule has 1 aromatic heterocycles. The molecule has 8 heteroatoms. The minimum absolute atomic E-state index is 0.104. The molecular formula is C25H32FNO6. The molecule has 0 saturated heterocycles. The topological polar surface area (TPSA) is 95.0 Å². The van der Waals surface area contributed by atoms with E-state index in [0.717, 1.165) is 12.8 Å². The molecular weight excluding hydrogens is 429 g/mol. The number of rotatable bonds is 12. The Labute approximate surface area is 193 Å². The number of pyridine rings is 1. The predicted molar refractivity (Wildman–Crippen MR) is 121 cm³/mol. The summed E-state index contributed by atoms with van der Waals surface area (Å²) >= 11 is 0. The summed E-state index contributed by atoms with van der Waals surface area (Å²) in [5, 5.41) is 10.1. The van der Waals surface area contributed by atoms with Crippen molar-refractivity contribution in [3.63, 3.8) is 0 Å². The number of carbonyl (C=O) groups is 2. The lowest BCUT2D eigenvalue weighted by Gasteiger charge is -2.31. The second-order valence-corrected chi connectivity index (χ2v) is 7.99. The first-order valence-corrected chi connectivity index (χ1v) is 11.1. The highest BCUT2D eigenvalue weighted by molar-refractivity contribution is 5.99. The first-order chi connectivity index (χ1) is 15.7. The van der Waals surface area contributed by atoms with Crippen LogP contribution in [0.1, 0.15) is 57.4 Å². The maximum Gasteiger partial charge on any atom is 0.309 e. The highest BCUT2D eigenvalue weighted by atomic mass is 19.1. The number of benzene rings is 1. The van der Waals surface area contributed by atoms with Gasteiger partial charge < -0.3 is 19.3 Å². The fourth-order valence-electron chi connectivity index (χ4n) is 3.63. The lowest BCUT2D eigenvalue weighted by molar-refractivity contribution is -0.158. The molecule has 0 fully saturated rings. The van der Waals surface area contributed by atoms with Gasteiger partial charge in [0.1, 0.15) is 23.8 Å². The molecule has 0 saturated carbocycles. The number of halogens is 1. The third kappa shape index (κ3) is 6.91. The molecule has 0 unspecified atom stereocenters. The van der Waals surface area contributed by atoms with Crippen LogP contribution in [-0.2, 0) is 9.53 Å². The third-order valence-corrected chi connectivity index (χ3v) is 5.63. The van der Waals surface area contributed by atoms with Gasteiger partial charge in [-0.2, -0.15) is 0 Å². The average Bonchev–Trinajstić information content (AvgIpc) is 2.80. The van der Waals surface area contributed by atoms with Crippen molar-refractivity contribution < 1.29 is 33.3 Å². The minimum atomic E-state index is -0.763. The van der Waals surface area contributed by atoms with Crippen LogP contribution in [0.15, 0.2) is 36.5 Å². The van der Waals surface area contributed by atoms with Gasteiger partial charge in [-0.15, -0.1) is 0 Å². The van der Waals surface area contributed by atoms with Crippen molar-refractivity contribution in [2.75, 3.05) is 7.11 Å². The summed E-state index contributed by atoms with van der Waals surface area (Å²) in [4.78, 5) is 29.2. The smallest absolute Gasteiger partial charge is 0.309 e. The number of Topliss-reactive ketones (excluding diaryl/α,β-unsaturated/α-hetero) is 1. The number of ketones is 1. The molecule has 1 N–H and O–H groups in total. The normalized spacial score (nSPS) is 13.8. The number of hydrogen-bond acceptors (Lipinski definition) is 7. The second-order valence-electron chi connectivity index (χ2n) is 7.99. The van der Waals surface area contributed by atoms with E-state index in [0.29, 0.717) is 5.75 Å². The summed E-state index contributed by atoms with van der Waals surface area (Å²) in [5.41, 5.74) is -0.156. The Morgan fingerprint density at radius 1 is 1.09 bits per heavy atom. The molecule has 7 nitrogen and oxygen atoms in total. The third-order valence-electron chi connectivity index (χ3n) is 5.63. The van der Waals surface area contributed by atoms with E-state index in [2.05, 4.69) is 4.98 Å². The molecule has 2 rings (SSSR count). The molecule has 3 atom stereocenters. The van der Waals surface area contributed by atoms with Crippen molar-refractivity contribution in [2.45, 2.75) is 59.2 Å². The number of hydrogen-bond donors (Lipinski definition) is 1. The molecule has 0 aliphatic rings. The molecule has 0 radical (unpaired) electrons. The molecule has 2 aromatic rings. The molecule has 1 aromatic carbocycles. The number of ether oxygens (including phenoxy) is 3. The van der Waals surface area contributed by atoms with Crippen LogP contribution < -0.4 is 9.47 Å². The van der Waals surface area contributed by atoms with Crippen LogP contribution in [0.2, 0.25) is 0 Å². The lowest BCUT2D eigenvalue weighted by Crippen LogP contribution is -2.40. The number of methoxy groups -OCH3 is 1. The summed E-state index contributed by atoms with van der Waals surface area (Å²) < 4.78 is 30.0. The molecule has 0 amide bonds. The van der Waals surface area contributed by atoms with Gasteiger partial charge in [0.2, 0.25) is 0 Å². The van der Waals surface area contributed by atoms with Gasteiger partial charge in [0, 0.05) is 18.7 Å². The fourth-order valence-corrected chi connectivity index (χ4v) is 3.63. The average molecular weight is 462 g/mol. The van der Waals surface area contributed by atoms with Gasteiger partial charge >= 0.3 is 5.97 Å². The summed E-state index contributed by atoms with van der Waals surface area (Å²) in [6.07, 6.45) is 1.73. The lowest BCUT2D eigenvalue weighted by atomic mass is 9.92. The second kappa shape index (κ2) is 12.2. The van der Waals surface area contributed by atoms with Crippen molar-refractivity contribution in [1.29, 1.82) is 0 Å². The number of esters is 1. The van der Waals surface area contributed by atoms with Gasteiger partial charge in [-0.3, -0.25) is 9.59 Å². The maximum atomic E-state index is 13.2. The van der Waals surface area contributed by atoms with E-state index in [9.17, 15) is 19.1 Å². The fraction of sp³-hybridized carbons (Fsp3) is 0.480. The van der Waals surface area contributed by atoms with E-state index >= 15 is 0 Å². The standard InChI is InChI=1S/C25H32FNO6/c1-6-17(7-2)24(33-19-10-8-18(26)9-11-19)16(4)32-25(30)15(3)14-20(28)22-23(29)21(31-5)12-13-27-22/h8-13,15-17,24,29H,6-7,14H2,1-5H3/t15-,16+,24+/m1/s1. The number of nitrogens with zero attached hydrogens (tertiary/aromatic N) is 1. The van der Waals surface area contributed by atoms with Gasteiger partial charge in [-0.25, -0.2) is 9.37 Å². The van der Waals surface area contributed by atoms with Crippen molar-refractivity contribution in [2.24, 2.45) is 11.8 Å². The zero-order chi connectivity index (χ0) is 24.5. The Hall–Kier alpha value is -3.16. The zero-order valence-electron chi connectivity index (χ0n) is 19.7. The molecule has 0 spiro atoms. The van der Waals surface area contributed by atoms with Crippen LogP contribution >= 0.6 is 0 Å². The van der Waals surface area contributed by atoms with Gasteiger partial charge in [0.25, 0.3) is 0 Å². The molecule has 1 heterocycles. The van der Waals surface area contributed by atoms with E-state index in [1.54, 1.807) is 13.8 Å². The van der Waals surface area contributed by atoms with Gasteiger partial charge in [0.05, 0.1) is 13.0 Å². The van der Waals surface area contributed by atoms with Crippen LogP contribution in [-0.4, -0.2) is 41.2 Å². The van der Waals surface area contributed by atoms with Crippen LogP contribution in [0, 0.1) is 17.7 Å². The van der Waals surface area contributed by atoms with Crippen LogP contribution in [0.3, 0.4) is 0 Å². The Kier molecular flexibility index (Phi) is 9.63. The largest absolute Gasteiger partial charge is 0.503 e. The van der Waals surface area contributed by atoms with E-state index in [1.165, 1.54) is 43.6 Å². The van der Waals surface area contributed by atoms with Crippen LogP contribution in [0.4, 0.5) is 4.39 Å². The molecule has 33 heavy (non-hydrogen) atoms. The first kappa shape index (κ1) is 26.1. The SMILES string of the molecule is CCC(CC)[C@@H](Oc1ccc(F)cc1)[C@H](C)OC(=O)[C@H](C)CC(=O)c1nccc(OC)c1O. The van der Waals surface area contributed by atoms with Gasteiger partial charge in [-0.05, 0) is 49.9 Å². The Morgan fingerprint density at radius 2 is 1.73 bits per heavy atom. The molecule has 0 bridgehead atoms. The first-order valence-electron chi connectivity index (χ1n) is 11.1. The van der Waals surface area contributed by atoms with Crippen LogP contribution in [0.5, 0.6) is 17.2 Å². The highest BCUT2D eigenvalue weighted by Crippen LogP contribution is 2.29. The quantitative estimate of drug-likeness (QED) is 0.353. The highest BCUT2D eigenvalue weighted by Gasteiger charge is 2.32. The zero-order valence-corrected chi connectivity index (χ0v) is 19.7. The predicted octanol–water partition coefficient (Wildman–Crippen LogP) is 4.96. The van der Waals surface area contributed by atoms with Crippen molar-refractivity contribution in [1.82, 2.24) is 4.98 Å². The van der Waals surface area contributed by atoms with E-state index in [-0.39, 0.29) is 35.3 Å². The van der Waals surface area contributed by atoms with Crippen molar-refractivity contribution in [3.05, 3.63) is 48.0 Å². The Bertz CT molecular complexity index is 929. The van der Waals surface area contributed by atoms with Crippen molar-refractivity contribution in [3.8, 4) is 17.2 Å². The summed E-state index contributed by atoms with van der Waals surface area (Å²) in [5.74, 6) is -1.83. The summed E-state index contributed by atoms with van der Waals surface area (Å²) in [6.45, 7) is 7.38. The molecule has 0 aliphatic carbocycles. The number of carbonyl (C=O) groups excluding carboxylic acids is 2. The van der Waals surface area contributed by atoms with Crippen molar-refractivity contribution >= 4 is 11.8 Å². The summed E-state index contributed by atoms with van der Waals surface area (Å²) in [6, 6.07) is 7.13. The summed E-state index contributed by atoms with van der Waals surface area (Å²) in [7, 11) is 1.37. The van der Waals surface area contributed by atoms with Crippen LogP contribution in [0.25, 0.3) is 0 Å². The Morgan fingerprint density at radius 3 is 2.30 bits per heavy atom. The van der Waals surface area contributed by atoms with Gasteiger partial charge in [-0.1, -0.05) is 20.8 Å².